The van der Waals surface area contributed by atoms with Crippen molar-refractivity contribution < 1.29 is 33.1 Å². The zero-order valence-corrected chi connectivity index (χ0v) is 34.0. The van der Waals surface area contributed by atoms with Crippen molar-refractivity contribution in [1.82, 2.24) is 38.8 Å². The van der Waals surface area contributed by atoms with E-state index >= 15 is 0 Å². The molecule has 4 amide bonds. The van der Waals surface area contributed by atoms with Gasteiger partial charge in [0, 0.05) is 57.3 Å². The third-order valence-electron chi connectivity index (χ3n) is 10.1. The van der Waals surface area contributed by atoms with Crippen LogP contribution < -0.4 is 26.8 Å². The fraction of sp³-hybridized carbons (Fsp3) is 0.366. The monoisotopic (exact) mass is 820 g/mol. The molecule has 6 N–H and O–H groups in total. The molecule has 0 radical (unpaired) electrons. The highest BCUT2D eigenvalue weighted by Gasteiger charge is 2.24. The van der Waals surface area contributed by atoms with E-state index in [9.17, 15) is 19.2 Å². The van der Waals surface area contributed by atoms with Gasteiger partial charge in [-0.15, -0.1) is 0 Å². The molecule has 1 aliphatic heterocycles. The lowest BCUT2D eigenvalue weighted by Crippen LogP contribution is -2.37. The first-order valence-electron chi connectivity index (χ1n) is 19.8. The van der Waals surface area contributed by atoms with Crippen LogP contribution in [0.5, 0.6) is 5.75 Å². The first-order valence-corrected chi connectivity index (χ1v) is 19.8. The molecule has 19 nitrogen and oxygen atoms in total. The molecule has 19 heteroatoms. The van der Waals surface area contributed by atoms with E-state index in [1.54, 1.807) is 57.1 Å². The molecule has 1 saturated heterocycles. The van der Waals surface area contributed by atoms with E-state index in [2.05, 4.69) is 30.6 Å². The highest BCUT2D eigenvalue weighted by atomic mass is 16.5. The molecule has 5 heterocycles. The number of aromatic nitrogens is 7. The number of primary amides is 2. The van der Waals surface area contributed by atoms with Gasteiger partial charge in [0.1, 0.15) is 17.0 Å². The molecule has 2 aromatic carbocycles. The maximum absolute atomic E-state index is 13.7. The topological polar surface area (TPSA) is 246 Å². The van der Waals surface area contributed by atoms with Crippen LogP contribution in [-0.2, 0) is 30.8 Å². The number of nitrogens with one attached hydrogen (secondary N) is 2. The molecular weight excluding hydrogens is 773 g/mol. The number of carbonyl (C=O) groups is 4. The fourth-order valence-corrected chi connectivity index (χ4v) is 7.15. The lowest BCUT2D eigenvalue weighted by Gasteiger charge is -2.26. The van der Waals surface area contributed by atoms with Gasteiger partial charge in [0.25, 0.3) is 11.8 Å². The Morgan fingerprint density at radius 3 is 2.25 bits per heavy atom. The van der Waals surface area contributed by atoms with E-state index in [4.69, 9.17) is 30.3 Å². The second kappa shape index (κ2) is 18.0. The van der Waals surface area contributed by atoms with Gasteiger partial charge in [-0.2, -0.15) is 5.10 Å². The molecule has 0 unspecified atom stereocenters. The third kappa shape index (κ3) is 8.91. The Labute approximate surface area is 344 Å². The van der Waals surface area contributed by atoms with Crippen molar-refractivity contribution in [2.45, 2.75) is 60.2 Å². The van der Waals surface area contributed by atoms with E-state index in [1.165, 1.54) is 0 Å². The van der Waals surface area contributed by atoms with Crippen molar-refractivity contribution >= 4 is 57.6 Å². The highest BCUT2D eigenvalue weighted by Crippen LogP contribution is 2.32. The van der Waals surface area contributed by atoms with Crippen LogP contribution in [0.25, 0.3) is 22.1 Å². The number of carbonyl (C=O) groups excluding carboxylic acids is 4. The van der Waals surface area contributed by atoms with Crippen LogP contribution in [0, 0.1) is 13.8 Å². The molecule has 6 aromatic rings. The lowest BCUT2D eigenvalue weighted by molar-refractivity contribution is 0.0358. The third-order valence-corrected chi connectivity index (χ3v) is 10.1. The number of allylic oxidation sites excluding steroid dienone is 2. The number of hydrogen-bond acceptors (Lipinski definition) is 12. The summed E-state index contributed by atoms with van der Waals surface area (Å²) >= 11 is 0. The van der Waals surface area contributed by atoms with Crippen LogP contribution in [-0.4, -0.2) is 102 Å². The number of ether oxygens (including phenoxy) is 2. The summed E-state index contributed by atoms with van der Waals surface area (Å²) in [4.78, 5) is 67.8. The van der Waals surface area contributed by atoms with E-state index in [0.29, 0.717) is 90.0 Å². The molecule has 0 saturated carbocycles. The zero-order chi connectivity index (χ0) is 42.5. The van der Waals surface area contributed by atoms with Crippen molar-refractivity contribution in [3.05, 3.63) is 88.4 Å². The minimum absolute atomic E-state index is 0.0692. The number of amides is 4. The number of hydrogen-bond donors (Lipinski definition) is 4. The van der Waals surface area contributed by atoms with Crippen LogP contribution in [0.1, 0.15) is 79.3 Å². The van der Waals surface area contributed by atoms with Gasteiger partial charge in [-0.25, -0.2) is 15.0 Å². The SMILES string of the molecule is CCc1nc(C)oc1C(=O)Nc1nc2cc(C(N)=O)cc(OCCCN3CCOCC3)c2n1C/C=C/Cn1c(NC(=O)c2cc(C)nn2CC)nc2cc(C(N)=O)ccc21. The Balaban J connectivity index is 1.22. The second-order valence-corrected chi connectivity index (χ2v) is 14.3. The number of nitrogens with zero attached hydrogens (tertiary/aromatic N) is 8. The fourth-order valence-electron chi connectivity index (χ4n) is 7.15. The van der Waals surface area contributed by atoms with Gasteiger partial charge in [0.05, 0.1) is 47.8 Å². The Morgan fingerprint density at radius 1 is 0.850 bits per heavy atom. The van der Waals surface area contributed by atoms with Gasteiger partial charge in [-0.3, -0.25) is 39.4 Å². The van der Waals surface area contributed by atoms with Gasteiger partial charge in [0.2, 0.25) is 29.5 Å². The number of rotatable bonds is 17. The minimum atomic E-state index is -0.660. The van der Waals surface area contributed by atoms with Crippen LogP contribution in [0.15, 0.2) is 53.0 Å². The molecule has 1 aliphatic rings. The number of imidazole rings is 2. The summed E-state index contributed by atoms with van der Waals surface area (Å²) in [6.45, 7) is 12.4. The average Bonchev–Trinajstić information content (AvgIpc) is 4.00. The molecular formula is C41H48N12O7. The number of anilines is 2. The Kier molecular flexibility index (Phi) is 12.4. The number of benzene rings is 2. The second-order valence-electron chi connectivity index (χ2n) is 14.3. The molecule has 0 aliphatic carbocycles. The predicted molar refractivity (Wildman–Crippen MR) is 222 cm³/mol. The number of oxazole rings is 1. The summed E-state index contributed by atoms with van der Waals surface area (Å²) in [7, 11) is 0. The zero-order valence-electron chi connectivity index (χ0n) is 34.0. The first kappa shape index (κ1) is 41.3. The van der Waals surface area contributed by atoms with Crippen molar-refractivity contribution in [2.75, 3.05) is 50.1 Å². The van der Waals surface area contributed by atoms with Gasteiger partial charge in [-0.05, 0) is 63.1 Å². The summed E-state index contributed by atoms with van der Waals surface area (Å²) in [6, 6.07) is 9.73. The summed E-state index contributed by atoms with van der Waals surface area (Å²) in [5, 5.41) is 10.2. The van der Waals surface area contributed by atoms with Crippen molar-refractivity contribution in [3.8, 4) is 5.75 Å². The van der Waals surface area contributed by atoms with Gasteiger partial charge < -0.3 is 34.5 Å². The summed E-state index contributed by atoms with van der Waals surface area (Å²) in [5.74, 6) is -1.02. The standard InChI is InChI=1S/C41H48N12O7/c1-5-28-35(60-25(4)44-28)39(57)48-41-46-30-22-27(37(43)55)23-33(59-17-9-12-50-15-18-58-19-16-50)34(30)52(41)14-8-7-13-51-31-11-10-26(36(42)54)21-29(31)45-40(51)47-38(56)32-20-24(3)49-53(32)6-2/h7-8,10-11,20-23H,5-6,9,12-19H2,1-4H3,(H2,42,54)(H2,43,55)(H,45,47,56)(H,46,48,57)/b8-7+. The molecule has 0 bridgehead atoms. The van der Waals surface area contributed by atoms with E-state index in [0.717, 1.165) is 19.6 Å². The number of fused-ring (bicyclic) bond motifs is 2. The number of nitrogens with two attached hydrogens (primary N) is 2. The smallest absolute Gasteiger partial charge is 0.295 e. The van der Waals surface area contributed by atoms with Crippen molar-refractivity contribution in [2.24, 2.45) is 11.5 Å². The normalized spacial score (nSPS) is 13.4. The predicted octanol–water partition coefficient (Wildman–Crippen LogP) is 3.83. The molecule has 60 heavy (non-hydrogen) atoms. The number of aryl methyl sites for hydroxylation is 4. The number of morpholine rings is 1. The Hall–Kier alpha value is -6.86. The van der Waals surface area contributed by atoms with Gasteiger partial charge >= 0.3 is 0 Å². The molecule has 4 aromatic heterocycles. The highest BCUT2D eigenvalue weighted by molar-refractivity contribution is 6.05. The largest absolute Gasteiger partial charge is 0.491 e. The van der Waals surface area contributed by atoms with E-state index in [1.807, 2.05) is 32.9 Å². The van der Waals surface area contributed by atoms with Crippen LogP contribution in [0.2, 0.25) is 0 Å². The molecule has 314 valence electrons. The summed E-state index contributed by atoms with van der Waals surface area (Å²) in [6.07, 6.45) is 4.92. The van der Waals surface area contributed by atoms with Crippen LogP contribution in [0.3, 0.4) is 0 Å². The van der Waals surface area contributed by atoms with Gasteiger partial charge in [-0.1, -0.05) is 19.1 Å². The molecule has 0 atom stereocenters. The van der Waals surface area contributed by atoms with Crippen molar-refractivity contribution in [3.63, 3.8) is 0 Å². The van der Waals surface area contributed by atoms with Crippen LogP contribution in [0.4, 0.5) is 11.9 Å². The summed E-state index contributed by atoms with van der Waals surface area (Å²) in [5.41, 5.74) is 15.3. The minimum Gasteiger partial charge on any atom is -0.491 e. The van der Waals surface area contributed by atoms with Crippen LogP contribution >= 0.6 is 0 Å². The van der Waals surface area contributed by atoms with Crippen molar-refractivity contribution in [1.29, 1.82) is 0 Å². The molecule has 7 rings (SSSR count). The first-order chi connectivity index (χ1) is 28.9. The quantitative estimate of drug-likeness (QED) is 0.0758. The Morgan fingerprint density at radius 2 is 1.53 bits per heavy atom. The maximum atomic E-state index is 13.7. The Bertz CT molecular complexity index is 2610. The van der Waals surface area contributed by atoms with Gasteiger partial charge in [0.15, 0.2) is 5.89 Å². The lowest BCUT2D eigenvalue weighted by atomic mass is 10.1. The summed E-state index contributed by atoms with van der Waals surface area (Å²) < 4.78 is 22.7. The van der Waals surface area contributed by atoms with E-state index in [-0.39, 0.29) is 41.9 Å². The average molecular weight is 821 g/mol. The maximum Gasteiger partial charge on any atom is 0.295 e. The molecule has 1 fully saturated rings. The van der Waals surface area contributed by atoms with E-state index < -0.39 is 23.6 Å². The molecule has 0 spiro atoms.